The molecule has 2 N–H and O–H groups in total. The Morgan fingerprint density at radius 3 is 2.55 bits per heavy atom. The van der Waals surface area contributed by atoms with E-state index in [9.17, 15) is 22.8 Å². The van der Waals surface area contributed by atoms with E-state index in [1.165, 1.54) is 25.3 Å². The molecule has 1 unspecified atom stereocenters. The van der Waals surface area contributed by atoms with Crippen LogP contribution in [0.3, 0.4) is 0 Å². The lowest BCUT2D eigenvalue weighted by Crippen LogP contribution is -2.28. The number of nitrogens with zero attached hydrogens (tertiary/aromatic N) is 3. The zero-order valence-corrected chi connectivity index (χ0v) is 16.0. The highest BCUT2D eigenvalue weighted by Crippen LogP contribution is 2.20. The van der Waals surface area contributed by atoms with E-state index in [0.717, 1.165) is 0 Å². The van der Waals surface area contributed by atoms with Gasteiger partial charge in [-0.05, 0) is 25.5 Å². The molecule has 0 saturated carbocycles. The number of hydrogen-bond acceptors (Lipinski definition) is 6. The molecule has 2 aromatic rings. The maximum absolute atomic E-state index is 12.5. The standard InChI is InChI=1S/C18H20F3N5O3/c1-10-8-14(26-17(23-10)25-12(3)27)16(28)24-11(2)13-4-5-15(22-9-13)29-7-6-18(19,20)21/h4-5,8-9,11H,6-7H2,1-3H3,(H,24,28)(H,23,25,26,27). The van der Waals surface area contributed by atoms with E-state index in [0.29, 0.717) is 11.3 Å². The van der Waals surface area contributed by atoms with Crippen molar-refractivity contribution in [3.05, 3.63) is 41.3 Å². The summed E-state index contributed by atoms with van der Waals surface area (Å²) in [7, 11) is 0. The maximum Gasteiger partial charge on any atom is 0.392 e. The number of carbonyl (C=O) groups excluding carboxylic acids is 2. The fraction of sp³-hybridized carbons (Fsp3) is 0.389. The van der Waals surface area contributed by atoms with Crippen LogP contribution < -0.4 is 15.4 Å². The molecule has 2 heterocycles. The van der Waals surface area contributed by atoms with Gasteiger partial charge in [-0.3, -0.25) is 14.9 Å². The Morgan fingerprint density at radius 2 is 1.97 bits per heavy atom. The Morgan fingerprint density at radius 1 is 1.24 bits per heavy atom. The van der Waals surface area contributed by atoms with Gasteiger partial charge < -0.3 is 10.1 Å². The van der Waals surface area contributed by atoms with Crippen molar-refractivity contribution in [2.75, 3.05) is 11.9 Å². The number of hydrogen-bond donors (Lipinski definition) is 2. The summed E-state index contributed by atoms with van der Waals surface area (Å²) in [6.45, 7) is 4.15. The van der Waals surface area contributed by atoms with Gasteiger partial charge in [-0.1, -0.05) is 6.07 Å². The molecule has 1 atom stereocenters. The average Bonchev–Trinajstić information content (AvgIpc) is 2.60. The minimum Gasteiger partial charge on any atom is -0.477 e. The van der Waals surface area contributed by atoms with Crippen LogP contribution in [0, 0.1) is 6.92 Å². The summed E-state index contributed by atoms with van der Waals surface area (Å²) in [5, 5.41) is 5.15. The van der Waals surface area contributed by atoms with E-state index in [1.54, 1.807) is 19.9 Å². The second-order valence-corrected chi connectivity index (χ2v) is 6.24. The van der Waals surface area contributed by atoms with Crippen LogP contribution in [0.1, 0.15) is 48.1 Å². The number of rotatable bonds is 7. The molecule has 156 valence electrons. The van der Waals surface area contributed by atoms with E-state index in [1.807, 2.05) is 0 Å². The molecular weight excluding hydrogens is 391 g/mol. The first-order valence-electron chi connectivity index (χ1n) is 8.63. The molecule has 0 aliphatic rings. The van der Waals surface area contributed by atoms with Gasteiger partial charge in [0.1, 0.15) is 5.69 Å². The maximum atomic E-state index is 12.5. The van der Waals surface area contributed by atoms with Gasteiger partial charge in [-0.2, -0.15) is 13.2 Å². The molecule has 29 heavy (non-hydrogen) atoms. The second kappa shape index (κ2) is 9.30. The van der Waals surface area contributed by atoms with Crippen LogP contribution >= 0.6 is 0 Å². The first-order valence-corrected chi connectivity index (χ1v) is 8.63. The molecule has 2 amide bonds. The summed E-state index contributed by atoms with van der Waals surface area (Å²) in [4.78, 5) is 35.6. The number of carbonyl (C=O) groups is 2. The fourth-order valence-corrected chi connectivity index (χ4v) is 2.26. The molecule has 8 nitrogen and oxygen atoms in total. The van der Waals surface area contributed by atoms with Gasteiger partial charge in [0.15, 0.2) is 0 Å². The lowest BCUT2D eigenvalue weighted by Gasteiger charge is -2.15. The van der Waals surface area contributed by atoms with Gasteiger partial charge in [-0.25, -0.2) is 15.0 Å². The van der Waals surface area contributed by atoms with Gasteiger partial charge in [0, 0.05) is 24.9 Å². The number of anilines is 1. The lowest BCUT2D eigenvalue weighted by atomic mass is 10.1. The molecular formula is C18H20F3N5O3. The third-order valence-electron chi connectivity index (χ3n) is 3.62. The summed E-state index contributed by atoms with van der Waals surface area (Å²) in [5.74, 6) is -0.765. The molecule has 2 aromatic heterocycles. The highest BCUT2D eigenvalue weighted by Gasteiger charge is 2.27. The van der Waals surface area contributed by atoms with Crippen molar-refractivity contribution >= 4 is 17.8 Å². The largest absolute Gasteiger partial charge is 0.477 e. The zero-order chi connectivity index (χ0) is 21.6. The SMILES string of the molecule is CC(=O)Nc1nc(C)cc(C(=O)NC(C)c2ccc(OCCC(F)(F)F)nc2)n1. The highest BCUT2D eigenvalue weighted by atomic mass is 19.4. The first-order chi connectivity index (χ1) is 13.5. The molecule has 0 spiro atoms. The fourth-order valence-electron chi connectivity index (χ4n) is 2.26. The second-order valence-electron chi connectivity index (χ2n) is 6.24. The van der Waals surface area contributed by atoms with Crippen LogP contribution in [-0.4, -0.2) is 39.5 Å². The molecule has 0 aliphatic heterocycles. The molecule has 0 fully saturated rings. The van der Waals surface area contributed by atoms with Crippen molar-refractivity contribution in [1.29, 1.82) is 0 Å². The third kappa shape index (κ3) is 7.35. The lowest BCUT2D eigenvalue weighted by molar-refractivity contribution is -0.139. The first kappa shape index (κ1) is 22.1. The van der Waals surface area contributed by atoms with Gasteiger partial charge in [0.05, 0.1) is 19.1 Å². The van der Waals surface area contributed by atoms with E-state index >= 15 is 0 Å². The third-order valence-corrected chi connectivity index (χ3v) is 3.62. The van der Waals surface area contributed by atoms with Crippen LogP contribution in [0.5, 0.6) is 5.88 Å². The van der Waals surface area contributed by atoms with Crippen molar-refractivity contribution in [3.63, 3.8) is 0 Å². The van der Waals surface area contributed by atoms with Gasteiger partial charge in [0.2, 0.25) is 17.7 Å². The minimum atomic E-state index is -4.29. The summed E-state index contributed by atoms with van der Waals surface area (Å²) in [5.41, 5.74) is 1.20. The van der Waals surface area contributed by atoms with Crippen LogP contribution in [0.15, 0.2) is 24.4 Å². The van der Waals surface area contributed by atoms with Crippen LogP contribution in [0.25, 0.3) is 0 Å². The quantitative estimate of drug-likeness (QED) is 0.726. The van der Waals surface area contributed by atoms with E-state index in [-0.39, 0.29) is 23.4 Å². The predicted octanol–water partition coefficient (Wildman–Crippen LogP) is 2.96. The molecule has 0 radical (unpaired) electrons. The zero-order valence-electron chi connectivity index (χ0n) is 16.0. The minimum absolute atomic E-state index is 0.0253. The van der Waals surface area contributed by atoms with E-state index in [4.69, 9.17) is 4.74 Å². The predicted molar refractivity (Wildman–Crippen MR) is 97.4 cm³/mol. The number of ether oxygens (including phenoxy) is 1. The van der Waals surface area contributed by atoms with E-state index in [2.05, 4.69) is 25.6 Å². The Bertz CT molecular complexity index is 872. The van der Waals surface area contributed by atoms with Crippen LogP contribution in [0.4, 0.5) is 19.1 Å². The smallest absolute Gasteiger partial charge is 0.392 e. The van der Waals surface area contributed by atoms with Crippen molar-refractivity contribution in [1.82, 2.24) is 20.3 Å². The Kier molecular flexibility index (Phi) is 7.08. The molecule has 0 aliphatic carbocycles. The number of nitrogens with one attached hydrogen (secondary N) is 2. The summed E-state index contributed by atoms with van der Waals surface area (Å²) in [6, 6.07) is 4.04. The Hall–Kier alpha value is -3.24. The van der Waals surface area contributed by atoms with Gasteiger partial charge in [-0.15, -0.1) is 0 Å². The Balaban J connectivity index is 1.99. The monoisotopic (exact) mass is 411 g/mol. The topological polar surface area (TPSA) is 106 Å². The summed E-state index contributed by atoms with van der Waals surface area (Å²) in [6.07, 6.45) is -3.96. The van der Waals surface area contributed by atoms with Crippen molar-refractivity contribution in [3.8, 4) is 5.88 Å². The number of aryl methyl sites for hydroxylation is 1. The number of halogens is 3. The summed E-state index contributed by atoms with van der Waals surface area (Å²) < 4.78 is 41.3. The van der Waals surface area contributed by atoms with Gasteiger partial charge in [0.25, 0.3) is 5.91 Å². The molecule has 2 rings (SSSR count). The summed E-state index contributed by atoms with van der Waals surface area (Å²) >= 11 is 0. The number of alkyl halides is 3. The van der Waals surface area contributed by atoms with Crippen molar-refractivity contribution in [2.24, 2.45) is 0 Å². The van der Waals surface area contributed by atoms with E-state index < -0.39 is 31.2 Å². The van der Waals surface area contributed by atoms with Crippen LogP contribution in [0.2, 0.25) is 0 Å². The number of amides is 2. The molecule has 0 aromatic carbocycles. The number of pyridine rings is 1. The highest BCUT2D eigenvalue weighted by molar-refractivity contribution is 5.93. The normalized spacial score (nSPS) is 12.2. The van der Waals surface area contributed by atoms with Crippen molar-refractivity contribution in [2.45, 2.75) is 39.4 Å². The molecule has 0 saturated heterocycles. The molecule has 11 heteroatoms. The molecule has 0 bridgehead atoms. The van der Waals surface area contributed by atoms with Crippen molar-refractivity contribution < 1.29 is 27.5 Å². The number of aromatic nitrogens is 3. The van der Waals surface area contributed by atoms with Crippen LogP contribution in [-0.2, 0) is 4.79 Å². The van der Waals surface area contributed by atoms with Gasteiger partial charge >= 0.3 is 6.18 Å². The Labute approximate surface area is 164 Å². The average molecular weight is 411 g/mol.